The largest absolute Gasteiger partial charge is 0.478 e. The first kappa shape index (κ1) is 21.6. The minimum atomic E-state index is -1.14. The maximum Gasteiger partial charge on any atom is 0.345 e. The summed E-state index contributed by atoms with van der Waals surface area (Å²) in [5.41, 5.74) is 0.694. The Hall–Kier alpha value is -3.10. The minimum absolute atomic E-state index is 0.150. The Balaban J connectivity index is 0.000000171. The van der Waals surface area contributed by atoms with Crippen LogP contribution in [0.1, 0.15) is 33.6 Å². The summed E-state index contributed by atoms with van der Waals surface area (Å²) in [5, 5.41) is 18.3. The maximum absolute atomic E-state index is 11.6. The van der Waals surface area contributed by atoms with Crippen molar-refractivity contribution in [3.8, 4) is 11.5 Å². The molecule has 156 valence electrons. The Morgan fingerprint density at radius 1 is 0.767 bits per heavy atom. The number of hydrogen-bond acceptors (Lipinski definition) is 6. The van der Waals surface area contributed by atoms with Gasteiger partial charge in [0.15, 0.2) is 11.6 Å². The van der Waals surface area contributed by atoms with Crippen LogP contribution in [0.15, 0.2) is 36.4 Å². The van der Waals surface area contributed by atoms with Crippen LogP contribution in [-0.4, -0.2) is 45.9 Å². The molecule has 4 rings (SSSR count). The molecule has 0 spiro atoms. The molecule has 2 aliphatic rings. The first-order valence-corrected chi connectivity index (χ1v) is 9.35. The number of carboxylic acid groups (broad SMARTS) is 2. The van der Waals surface area contributed by atoms with Crippen LogP contribution in [0, 0.1) is 0 Å². The number of carbonyl (C=O) groups is 4. The van der Waals surface area contributed by atoms with Crippen LogP contribution >= 0.6 is 23.2 Å². The number of fused-ring (bicyclic) bond motifs is 2. The second-order valence-corrected chi connectivity index (χ2v) is 7.30. The fourth-order valence-corrected chi connectivity index (χ4v) is 3.21. The third-order valence-electron chi connectivity index (χ3n) is 4.31. The fourth-order valence-electron chi connectivity index (χ4n) is 2.87. The Morgan fingerprint density at radius 3 is 1.47 bits per heavy atom. The van der Waals surface area contributed by atoms with Gasteiger partial charge in [0, 0.05) is 10.0 Å². The minimum Gasteiger partial charge on any atom is -0.478 e. The highest BCUT2D eigenvalue weighted by Crippen LogP contribution is 2.31. The van der Waals surface area contributed by atoms with Crippen LogP contribution in [0.4, 0.5) is 0 Å². The van der Waals surface area contributed by atoms with Crippen molar-refractivity contribution < 1.29 is 38.9 Å². The number of carbonyl (C=O) groups excluding carboxylic acids is 2. The van der Waals surface area contributed by atoms with Gasteiger partial charge in [-0.15, -0.1) is 0 Å². The van der Waals surface area contributed by atoms with Crippen LogP contribution in [0.5, 0.6) is 11.5 Å². The van der Waals surface area contributed by atoms with Crippen molar-refractivity contribution in [3.05, 3.63) is 57.6 Å². The van der Waals surface area contributed by atoms with E-state index in [0.717, 1.165) is 0 Å². The SMILES string of the molecule is O=C1CC(C(=O)O)Oc2ccc(Cl)cc21.O=C1C[C@H](C(=O)O)Oc2ccc(Cl)cc21. The molecule has 2 aromatic rings. The molecule has 2 aliphatic heterocycles. The van der Waals surface area contributed by atoms with Gasteiger partial charge < -0.3 is 19.7 Å². The van der Waals surface area contributed by atoms with Gasteiger partial charge in [-0.1, -0.05) is 23.2 Å². The van der Waals surface area contributed by atoms with Gasteiger partial charge in [-0.2, -0.15) is 0 Å². The fraction of sp³-hybridized carbons (Fsp3) is 0.200. The zero-order valence-electron chi connectivity index (χ0n) is 15.1. The standard InChI is InChI=1S/2C10H7ClO4/c2*11-5-1-2-8-6(3-5)7(12)4-9(15-8)10(13)14/h2*1-3,9H,4H2,(H,13,14)/t9-;/m1./s1. The molecule has 0 saturated carbocycles. The normalized spacial score (nSPS) is 19.3. The molecule has 1 unspecified atom stereocenters. The molecule has 8 nitrogen and oxygen atoms in total. The van der Waals surface area contributed by atoms with Gasteiger partial charge in [0.2, 0.25) is 12.2 Å². The number of hydrogen-bond donors (Lipinski definition) is 2. The van der Waals surface area contributed by atoms with E-state index in [-0.39, 0.29) is 35.9 Å². The van der Waals surface area contributed by atoms with E-state index in [9.17, 15) is 19.2 Å². The summed E-state index contributed by atoms with van der Waals surface area (Å²) in [4.78, 5) is 44.4. The number of carboxylic acids is 2. The van der Waals surface area contributed by atoms with Gasteiger partial charge in [0.05, 0.1) is 24.0 Å². The van der Waals surface area contributed by atoms with E-state index in [1.807, 2.05) is 0 Å². The van der Waals surface area contributed by atoms with Crippen molar-refractivity contribution in [2.45, 2.75) is 25.0 Å². The topological polar surface area (TPSA) is 127 Å². The molecule has 2 aromatic carbocycles. The molecule has 0 bridgehead atoms. The highest BCUT2D eigenvalue weighted by Gasteiger charge is 2.32. The van der Waals surface area contributed by atoms with E-state index in [1.54, 1.807) is 12.1 Å². The molecule has 0 aliphatic carbocycles. The summed E-state index contributed by atoms with van der Waals surface area (Å²) in [6.45, 7) is 0. The number of rotatable bonds is 2. The van der Waals surface area contributed by atoms with E-state index >= 15 is 0 Å². The zero-order chi connectivity index (χ0) is 22.0. The van der Waals surface area contributed by atoms with E-state index in [4.69, 9.17) is 42.9 Å². The molecule has 0 saturated heterocycles. The maximum atomic E-state index is 11.6. The summed E-state index contributed by atoms with van der Waals surface area (Å²) in [5.74, 6) is -2.23. The van der Waals surface area contributed by atoms with Crippen LogP contribution in [0.25, 0.3) is 0 Å². The van der Waals surface area contributed by atoms with Crippen molar-refractivity contribution in [2.24, 2.45) is 0 Å². The van der Waals surface area contributed by atoms with E-state index in [1.165, 1.54) is 24.3 Å². The number of aliphatic carboxylic acids is 2. The van der Waals surface area contributed by atoms with Crippen molar-refractivity contribution in [1.29, 1.82) is 0 Å². The Kier molecular flexibility index (Phi) is 6.28. The summed E-state index contributed by atoms with van der Waals surface area (Å²) in [6, 6.07) is 9.08. The number of halogens is 2. The molecule has 0 amide bonds. The lowest BCUT2D eigenvalue weighted by Crippen LogP contribution is -2.33. The lowest BCUT2D eigenvalue weighted by Gasteiger charge is -2.21. The molecule has 0 radical (unpaired) electrons. The van der Waals surface area contributed by atoms with E-state index in [2.05, 4.69) is 0 Å². The monoisotopic (exact) mass is 452 g/mol. The smallest absolute Gasteiger partial charge is 0.345 e. The summed E-state index contributed by atoms with van der Waals surface area (Å²) in [6.07, 6.45) is -2.48. The second-order valence-electron chi connectivity index (χ2n) is 6.43. The summed E-state index contributed by atoms with van der Waals surface area (Å²) < 4.78 is 10.3. The number of benzene rings is 2. The molecule has 2 N–H and O–H groups in total. The molecule has 2 heterocycles. The quantitative estimate of drug-likeness (QED) is 0.707. The Bertz CT molecular complexity index is 966. The van der Waals surface area contributed by atoms with Crippen LogP contribution in [-0.2, 0) is 9.59 Å². The third-order valence-corrected chi connectivity index (χ3v) is 4.79. The summed E-state index contributed by atoms with van der Waals surface area (Å²) in [7, 11) is 0. The van der Waals surface area contributed by atoms with Crippen LogP contribution in [0.2, 0.25) is 10.0 Å². The molecular formula is C20H14Cl2O8. The van der Waals surface area contributed by atoms with Crippen molar-refractivity contribution in [1.82, 2.24) is 0 Å². The molecular weight excluding hydrogens is 439 g/mol. The molecule has 10 heteroatoms. The molecule has 30 heavy (non-hydrogen) atoms. The lowest BCUT2D eigenvalue weighted by molar-refractivity contribution is -0.146. The van der Waals surface area contributed by atoms with Gasteiger partial charge in [-0.3, -0.25) is 9.59 Å². The van der Waals surface area contributed by atoms with Crippen molar-refractivity contribution >= 4 is 46.7 Å². The van der Waals surface area contributed by atoms with Gasteiger partial charge in [0.25, 0.3) is 0 Å². The predicted molar refractivity (Wildman–Crippen MR) is 105 cm³/mol. The first-order chi connectivity index (χ1) is 14.2. The number of ether oxygens (including phenoxy) is 2. The van der Waals surface area contributed by atoms with E-state index < -0.39 is 24.1 Å². The molecule has 0 fully saturated rings. The third kappa shape index (κ3) is 4.72. The highest BCUT2D eigenvalue weighted by molar-refractivity contribution is 6.31. The van der Waals surface area contributed by atoms with Crippen LogP contribution in [0.3, 0.4) is 0 Å². The Labute approximate surface area is 179 Å². The summed E-state index contributed by atoms with van der Waals surface area (Å²) >= 11 is 11.4. The Morgan fingerprint density at radius 2 is 1.13 bits per heavy atom. The number of ketones is 2. The lowest BCUT2D eigenvalue weighted by atomic mass is 10.0. The van der Waals surface area contributed by atoms with Crippen molar-refractivity contribution in [3.63, 3.8) is 0 Å². The zero-order valence-corrected chi connectivity index (χ0v) is 16.6. The van der Waals surface area contributed by atoms with Crippen molar-refractivity contribution in [2.75, 3.05) is 0 Å². The molecule has 0 aromatic heterocycles. The number of Topliss-reactive ketones (excluding diaryl/α,β-unsaturated/α-hetero) is 2. The van der Waals surface area contributed by atoms with Gasteiger partial charge in [0.1, 0.15) is 11.5 Å². The van der Waals surface area contributed by atoms with Gasteiger partial charge in [-0.25, -0.2) is 9.59 Å². The second kappa shape index (κ2) is 8.73. The first-order valence-electron chi connectivity index (χ1n) is 8.60. The van der Waals surface area contributed by atoms with E-state index in [0.29, 0.717) is 21.2 Å². The highest BCUT2D eigenvalue weighted by atomic mass is 35.5. The average Bonchev–Trinajstić information content (AvgIpc) is 2.69. The van der Waals surface area contributed by atoms with Crippen LogP contribution < -0.4 is 9.47 Å². The average molecular weight is 453 g/mol. The molecule has 2 atom stereocenters. The van der Waals surface area contributed by atoms with Gasteiger partial charge >= 0.3 is 11.9 Å². The predicted octanol–water partition coefficient (Wildman–Crippen LogP) is 3.52. The van der Waals surface area contributed by atoms with Gasteiger partial charge in [-0.05, 0) is 36.4 Å².